The van der Waals surface area contributed by atoms with Gasteiger partial charge in [0.1, 0.15) is 5.82 Å². The van der Waals surface area contributed by atoms with Gasteiger partial charge in [-0.1, -0.05) is 12.8 Å². The first-order chi connectivity index (χ1) is 8.64. The fourth-order valence-corrected chi connectivity index (χ4v) is 3.28. The molecular weight excluding hydrogens is 230 g/mol. The molecule has 1 aliphatic heterocycles. The van der Waals surface area contributed by atoms with Crippen molar-refractivity contribution in [1.82, 2.24) is 14.9 Å². The molecule has 1 unspecified atom stereocenters. The van der Waals surface area contributed by atoms with Crippen molar-refractivity contribution >= 4 is 11.8 Å². The van der Waals surface area contributed by atoms with Crippen molar-refractivity contribution in [3.63, 3.8) is 0 Å². The molecule has 3 rings (SSSR count). The van der Waals surface area contributed by atoms with Crippen LogP contribution in [0, 0.1) is 5.41 Å². The lowest BCUT2D eigenvalue weighted by Crippen LogP contribution is -2.36. The quantitative estimate of drug-likeness (QED) is 0.810. The van der Waals surface area contributed by atoms with E-state index in [-0.39, 0.29) is 17.9 Å². The molecule has 2 heterocycles. The number of nitrogens with zero attached hydrogens (tertiary/aromatic N) is 2. The first-order valence-electron chi connectivity index (χ1n) is 6.50. The van der Waals surface area contributed by atoms with Crippen LogP contribution in [-0.2, 0) is 9.59 Å². The smallest absolute Gasteiger partial charge is 0.236 e. The second-order valence-corrected chi connectivity index (χ2v) is 5.38. The standard InChI is InChI=1S/C13H17N3O2/c1-9(11-14-6-7-15-11)16-10(17)8-13(12(16)18)4-2-3-5-13/h6-7,9H,2-5,8H2,1H3,(H,14,15). The summed E-state index contributed by atoms with van der Waals surface area (Å²) in [6.07, 6.45) is 7.57. The van der Waals surface area contributed by atoms with Gasteiger partial charge in [-0.2, -0.15) is 0 Å². The maximum atomic E-state index is 12.5. The molecule has 96 valence electrons. The first kappa shape index (κ1) is 11.4. The number of H-pyrrole nitrogens is 1. The average Bonchev–Trinajstić information content (AvgIpc) is 3.03. The predicted octanol–water partition coefficient (Wildman–Crippen LogP) is 1.79. The number of nitrogens with one attached hydrogen (secondary N) is 1. The molecule has 1 aliphatic carbocycles. The second-order valence-electron chi connectivity index (χ2n) is 5.38. The van der Waals surface area contributed by atoms with Crippen LogP contribution in [0.3, 0.4) is 0 Å². The number of aromatic nitrogens is 2. The van der Waals surface area contributed by atoms with E-state index >= 15 is 0 Å². The summed E-state index contributed by atoms with van der Waals surface area (Å²) in [4.78, 5) is 33.2. The van der Waals surface area contributed by atoms with Gasteiger partial charge >= 0.3 is 0 Å². The third-order valence-corrected chi connectivity index (χ3v) is 4.29. The van der Waals surface area contributed by atoms with Crippen LogP contribution in [0.2, 0.25) is 0 Å². The normalized spacial score (nSPS) is 24.2. The van der Waals surface area contributed by atoms with Gasteiger partial charge in [0.05, 0.1) is 11.5 Å². The third-order valence-electron chi connectivity index (χ3n) is 4.29. The van der Waals surface area contributed by atoms with E-state index in [1.165, 1.54) is 4.90 Å². The Hall–Kier alpha value is -1.65. The molecule has 1 N–H and O–H groups in total. The number of likely N-dealkylation sites (tertiary alicyclic amines) is 1. The Bertz CT molecular complexity index is 474. The molecule has 2 amide bonds. The van der Waals surface area contributed by atoms with E-state index in [0.29, 0.717) is 12.2 Å². The van der Waals surface area contributed by atoms with E-state index in [9.17, 15) is 9.59 Å². The zero-order valence-corrected chi connectivity index (χ0v) is 10.5. The fraction of sp³-hybridized carbons (Fsp3) is 0.615. The zero-order chi connectivity index (χ0) is 12.8. The van der Waals surface area contributed by atoms with Gasteiger partial charge in [-0.15, -0.1) is 0 Å². The van der Waals surface area contributed by atoms with E-state index < -0.39 is 5.41 Å². The summed E-state index contributed by atoms with van der Waals surface area (Å²) < 4.78 is 0. The maximum Gasteiger partial charge on any atom is 0.236 e. The van der Waals surface area contributed by atoms with Crippen molar-refractivity contribution in [2.75, 3.05) is 0 Å². The number of carbonyl (C=O) groups is 2. The third kappa shape index (κ3) is 1.50. The summed E-state index contributed by atoms with van der Waals surface area (Å²) in [6, 6.07) is -0.292. The molecule has 1 aromatic rings. The van der Waals surface area contributed by atoms with Crippen LogP contribution in [-0.4, -0.2) is 26.7 Å². The van der Waals surface area contributed by atoms with Crippen LogP contribution >= 0.6 is 0 Å². The molecule has 0 radical (unpaired) electrons. The molecule has 2 fully saturated rings. The molecule has 1 saturated carbocycles. The van der Waals surface area contributed by atoms with E-state index in [4.69, 9.17) is 0 Å². The molecule has 5 nitrogen and oxygen atoms in total. The van der Waals surface area contributed by atoms with Crippen molar-refractivity contribution in [2.45, 2.75) is 45.1 Å². The van der Waals surface area contributed by atoms with Gasteiger partial charge in [-0.3, -0.25) is 14.5 Å². The van der Waals surface area contributed by atoms with Crippen molar-refractivity contribution in [3.8, 4) is 0 Å². The number of hydrogen-bond donors (Lipinski definition) is 1. The number of imide groups is 1. The Morgan fingerprint density at radius 3 is 2.72 bits per heavy atom. The topological polar surface area (TPSA) is 66.1 Å². The van der Waals surface area contributed by atoms with Gasteiger partial charge in [0.15, 0.2) is 0 Å². The Morgan fingerprint density at radius 1 is 1.39 bits per heavy atom. The number of imidazole rings is 1. The number of hydrogen-bond acceptors (Lipinski definition) is 3. The minimum Gasteiger partial charge on any atom is -0.347 e. The summed E-state index contributed by atoms with van der Waals surface area (Å²) >= 11 is 0. The molecule has 1 aromatic heterocycles. The Labute approximate surface area is 106 Å². The summed E-state index contributed by atoms with van der Waals surface area (Å²) in [7, 11) is 0. The number of amides is 2. The monoisotopic (exact) mass is 247 g/mol. The number of aromatic amines is 1. The highest BCUT2D eigenvalue weighted by molar-refractivity contribution is 6.06. The molecule has 0 bridgehead atoms. The zero-order valence-electron chi connectivity index (χ0n) is 10.5. The van der Waals surface area contributed by atoms with Crippen LogP contribution in [0.1, 0.15) is 50.9 Å². The molecule has 1 atom stereocenters. The van der Waals surface area contributed by atoms with E-state index in [2.05, 4.69) is 9.97 Å². The van der Waals surface area contributed by atoms with E-state index in [1.54, 1.807) is 12.4 Å². The Balaban J connectivity index is 1.89. The molecule has 0 aromatic carbocycles. The average molecular weight is 247 g/mol. The van der Waals surface area contributed by atoms with Crippen LogP contribution in [0.5, 0.6) is 0 Å². The molecule has 1 saturated heterocycles. The van der Waals surface area contributed by atoms with Crippen molar-refractivity contribution in [1.29, 1.82) is 0 Å². The number of carbonyl (C=O) groups excluding carboxylic acids is 2. The molecule has 1 spiro atoms. The van der Waals surface area contributed by atoms with Crippen molar-refractivity contribution in [3.05, 3.63) is 18.2 Å². The summed E-state index contributed by atoms with van der Waals surface area (Å²) in [5, 5.41) is 0. The lowest BCUT2D eigenvalue weighted by atomic mass is 9.84. The number of rotatable bonds is 2. The molecule has 2 aliphatic rings. The Morgan fingerprint density at radius 2 is 2.11 bits per heavy atom. The van der Waals surface area contributed by atoms with E-state index in [0.717, 1.165) is 25.7 Å². The summed E-state index contributed by atoms with van der Waals surface area (Å²) in [6.45, 7) is 1.85. The van der Waals surface area contributed by atoms with Gasteiger partial charge in [0.2, 0.25) is 11.8 Å². The lowest BCUT2D eigenvalue weighted by molar-refractivity contribution is -0.144. The van der Waals surface area contributed by atoms with Gasteiger partial charge in [0.25, 0.3) is 0 Å². The highest BCUT2D eigenvalue weighted by atomic mass is 16.2. The molecular formula is C13H17N3O2. The van der Waals surface area contributed by atoms with Gasteiger partial charge in [-0.25, -0.2) is 4.98 Å². The summed E-state index contributed by atoms with van der Waals surface area (Å²) in [5.41, 5.74) is -0.391. The van der Waals surface area contributed by atoms with Crippen LogP contribution in [0.4, 0.5) is 0 Å². The largest absolute Gasteiger partial charge is 0.347 e. The van der Waals surface area contributed by atoms with Crippen LogP contribution in [0.15, 0.2) is 12.4 Å². The SMILES string of the molecule is CC(c1ncc[nH]1)N1C(=O)CC2(CCCC2)C1=O. The first-order valence-corrected chi connectivity index (χ1v) is 6.50. The van der Waals surface area contributed by atoms with Gasteiger partial charge < -0.3 is 4.98 Å². The minimum absolute atomic E-state index is 0.00824. The molecule has 5 heteroatoms. The Kier molecular flexibility index (Phi) is 2.50. The van der Waals surface area contributed by atoms with Gasteiger partial charge in [0, 0.05) is 18.8 Å². The van der Waals surface area contributed by atoms with Crippen molar-refractivity contribution < 1.29 is 9.59 Å². The highest BCUT2D eigenvalue weighted by Gasteiger charge is 2.54. The molecule has 18 heavy (non-hydrogen) atoms. The summed E-state index contributed by atoms with van der Waals surface area (Å²) in [5.74, 6) is 0.631. The second kappa shape index (κ2) is 3.93. The highest BCUT2D eigenvalue weighted by Crippen LogP contribution is 2.48. The van der Waals surface area contributed by atoms with Crippen LogP contribution < -0.4 is 0 Å². The minimum atomic E-state index is -0.391. The van der Waals surface area contributed by atoms with E-state index in [1.807, 2.05) is 6.92 Å². The van der Waals surface area contributed by atoms with Gasteiger partial charge in [-0.05, 0) is 19.8 Å². The lowest BCUT2D eigenvalue weighted by Gasteiger charge is -2.24. The predicted molar refractivity (Wildman–Crippen MR) is 64.4 cm³/mol. The van der Waals surface area contributed by atoms with Crippen molar-refractivity contribution in [2.24, 2.45) is 5.41 Å². The fourth-order valence-electron chi connectivity index (χ4n) is 3.28. The van der Waals surface area contributed by atoms with Crippen LogP contribution in [0.25, 0.3) is 0 Å². The maximum absolute atomic E-state index is 12.5.